The molecule has 8 nitrogen and oxygen atoms in total. The molecule has 2 saturated heterocycles. The summed E-state index contributed by atoms with van der Waals surface area (Å²) in [7, 11) is 0. The van der Waals surface area contributed by atoms with E-state index in [0.29, 0.717) is 43.5 Å². The van der Waals surface area contributed by atoms with E-state index >= 15 is 0 Å². The molecule has 8 heteroatoms. The monoisotopic (exact) mass is 427 g/mol. The van der Waals surface area contributed by atoms with E-state index in [1.165, 1.54) is 0 Å². The van der Waals surface area contributed by atoms with Gasteiger partial charge in [-0.1, -0.05) is 31.8 Å². The molecule has 0 bridgehead atoms. The van der Waals surface area contributed by atoms with Crippen molar-refractivity contribution in [1.82, 2.24) is 15.5 Å². The van der Waals surface area contributed by atoms with Gasteiger partial charge >= 0.3 is 0 Å². The minimum absolute atomic E-state index is 0.0615. The molecule has 1 aromatic carbocycles. The number of hydrogen-bond donors (Lipinski definition) is 3. The minimum Gasteiger partial charge on any atom is -0.377 e. The fourth-order valence-corrected chi connectivity index (χ4v) is 3.50. The number of hydrogen-bond acceptors (Lipinski definition) is 6. The summed E-state index contributed by atoms with van der Waals surface area (Å²) in [5.41, 5.74) is 0.295. The predicted molar refractivity (Wildman–Crippen MR) is 115 cm³/mol. The van der Waals surface area contributed by atoms with Crippen molar-refractivity contribution in [2.75, 3.05) is 13.1 Å². The average molecular weight is 428 g/mol. The topological polar surface area (TPSA) is 116 Å². The maximum atomic E-state index is 13.0. The van der Waals surface area contributed by atoms with Gasteiger partial charge in [0.05, 0.1) is 0 Å². The lowest BCUT2D eigenvalue weighted by atomic mass is 9.92. The Morgan fingerprint density at radius 2 is 1.94 bits per heavy atom. The van der Waals surface area contributed by atoms with Gasteiger partial charge in [-0.3, -0.25) is 29.4 Å². The molecule has 0 aliphatic carbocycles. The molecule has 2 aliphatic rings. The molecule has 2 fully saturated rings. The molecule has 0 spiro atoms. The lowest BCUT2D eigenvalue weighted by Crippen LogP contribution is -2.53. The maximum Gasteiger partial charge on any atom is 0.261 e. The zero-order valence-electron chi connectivity index (χ0n) is 18.2. The molecule has 2 aliphatic heterocycles. The Kier molecular flexibility index (Phi) is 8.48. The van der Waals surface area contributed by atoms with Crippen LogP contribution in [0, 0.1) is 18.8 Å². The number of imide groups is 2. The fraction of sp³-hybridized carbons (Fsp3) is 0.478. The number of carbonyl (C=O) groups excluding carboxylic acids is 4. The van der Waals surface area contributed by atoms with Gasteiger partial charge in [0, 0.05) is 17.5 Å². The summed E-state index contributed by atoms with van der Waals surface area (Å²) >= 11 is 0. The van der Waals surface area contributed by atoms with Crippen LogP contribution < -0.4 is 10.6 Å². The summed E-state index contributed by atoms with van der Waals surface area (Å²) in [4.78, 5) is 48.8. The molecule has 1 aromatic rings. The van der Waals surface area contributed by atoms with Crippen molar-refractivity contribution in [2.45, 2.75) is 58.1 Å². The largest absolute Gasteiger partial charge is 0.377 e. The van der Waals surface area contributed by atoms with Crippen LogP contribution in [-0.4, -0.2) is 58.9 Å². The van der Waals surface area contributed by atoms with Gasteiger partial charge in [-0.05, 0) is 57.0 Å². The highest BCUT2D eigenvalue weighted by Gasteiger charge is 2.35. The van der Waals surface area contributed by atoms with Crippen molar-refractivity contribution in [3.63, 3.8) is 0 Å². The summed E-state index contributed by atoms with van der Waals surface area (Å²) in [5.74, 6) is 4.15. The lowest BCUT2D eigenvalue weighted by molar-refractivity contribution is -0.139. The lowest BCUT2D eigenvalue weighted by Gasteiger charge is -2.28. The number of amides is 4. The van der Waals surface area contributed by atoms with Crippen molar-refractivity contribution < 1.29 is 24.3 Å². The van der Waals surface area contributed by atoms with E-state index in [-0.39, 0.29) is 18.4 Å². The van der Waals surface area contributed by atoms with Crippen molar-refractivity contribution in [2.24, 2.45) is 0 Å². The molecule has 3 rings (SSSR count). The quantitative estimate of drug-likeness (QED) is 0.375. The molecule has 166 valence electrons. The Bertz CT molecular complexity index is 910. The first kappa shape index (κ1) is 24.3. The molecule has 0 saturated carbocycles. The molecule has 0 radical (unpaired) electrons. The standard InChI is InChI=1S/C21H23N3O5.C2H6/c1-14-15(7-8-21(29)9-11-22-12-10-21)3-2-4-16(14)20(28)24(13-25)17-5-6-18(26)23-19(17)27;1-2/h2-4,13,17,22,29H,5-6,9-12H2,1H3,(H,23,26,27);1-2H3. The van der Waals surface area contributed by atoms with Gasteiger partial charge in [-0.25, -0.2) is 0 Å². The molecule has 0 aromatic heterocycles. The van der Waals surface area contributed by atoms with Gasteiger partial charge in [-0.15, -0.1) is 0 Å². The SMILES string of the molecule is CC.Cc1c(C#CC2(O)CCNCC2)cccc1C(=O)N(C=O)C1CCC(=O)NC1=O. The van der Waals surface area contributed by atoms with E-state index in [9.17, 15) is 24.3 Å². The first-order valence-electron chi connectivity index (χ1n) is 10.5. The Hall–Kier alpha value is -3.02. The summed E-state index contributed by atoms with van der Waals surface area (Å²) < 4.78 is 0. The third-order valence-corrected chi connectivity index (χ3v) is 5.32. The smallest absolute Gasteiger partial charge is 0.261 e. The molecule has 3 N–H and O–H groups in total. The normalized spacial score (nSPS) is 19.7. The summed E-state index contributed by atoms with van der Waals surface area (Å²) in [5, 5.41) is 15.9. The van der Waals surface area contributed by atoms with Crippen LogP contribution >= 0.6 is 0 Å². The number of nitrogens with one attached hydrogen (secondary N) is 2. The Morgan fingerprint density at radius 1 is 1.26 bits per heavy atom. The average Bonchev–Trinajstić information content (AvgIpc) is 2.77. The minimum atomic E-state index is -1.07. The van der Waals surface area contributed by atoms with Gasteiger partial charge in [0.25, 0.3) is 5.91 Å². The zero-order chi connectivity index (χ0) is 23.0. The number of piperidine rings is 2. The van der Waals surface area contributed by atoms with Gasteiger partial charge in [0.15, 0.2) is 0 Å². The predicted octanol–water partition coefficient (Wildman–Crippen LogP) is 0.891. The van der Waals surface area contributed by atoms with E-state index in [2.05, 4.69) is 22.5 Å². The second-order valence-electron chi connectivity index (χ2n) is 7.29. The van der Waals surface area contributed by atoms with Crippen LogP contribution in [-0.2, 0) is 14.4 Å². The summed E-state index contributed by atoms with van der Waals surface area (Å²) in [6.45, 7) is 7.07. The van der Waals surface area contributed by atoms with Crippen molar-refractivity contribution in [3.8, 4) is 11.8 Å². The van der Waals surface area contributed by atoms with Crippen LogP contribution in [0.15, 0.2) is 18.2 Å². The fourth-order valence-electron chi connectivity index (χ4n) is 3.50. The molecule has 1 atom stereocenters. The zero-order valence-corrected chi connectivity index (χ0v) is 18.2. The van der Waals surface area contributed by atoms with Gasteiger partial charge < -0.3 is 10.4 Å². The van der Waals surface area contributed by atoms with Gasteiger partial charge in [-0.2, -0.15) is 0 Å². The van der Waals surface area contributed by atoms with E-state index in [1.54, 1.807) is 25.1 Å². The highest BCUT2D eigenvalue weighted by atomic mass is 16.3. The third kappa shape index (κ3) is 5.78. The van der Waals surface area contributed by atoms with E-state index in [0.717, 1.165) is 4.90 Å². The number of nitrogens with zero attached hydrogens (tertiary/aromatic N) is 1. The summed E-state index contributed by atoms with van der Waals surface area (Å²) in [6.07, 6.45) is 1.51. The number of aliphatic hydroxyl groups is 1. The molecule has 4 amide bonds. The maximum absolute atomic E-state index is 13.0. The highest BCUT2D eigenvalue weighted by molar-refractivity contribution is 6.07. The first-order valence-corrected chi connectivity index (χ1v) is 10.5. The van der Waals surface area contributed by atoms with Gasteiger partial charge in [0.1, 0.15) is 11.6 Å². The first-order chi connectivity index (χ1) is 14.8. The van der Waals surface area contributed by atoms with Crippen molar-refractivity contribution >= 4 is 24.1 Å². The Morgan fingerprint density at radius 3 is 2.55 bits per heavy atom. The Labute approximate surface area is 182 Å². The number of benzene rings is 1. The number of rotatable bonds is 3. The second kappa shape index (κ2) is 10.8. The summed E-state index contributed by atoms with van der Waals surface area (Å²) in [6, 6.07) is 3.91. The number of carbonyl (C=O) groups is 4. The molecule has 31 heavy (non-hydrogen) atoms. The van der Waals surface area contributed by atoms with Gasteiger partial charge in [0.2, 0.25) is 18.2 Å². The van der Waals surface area contributed by atoms with E-state index in [1.807, 2.05) is 13.8 Å². The molecule has 2 heterocycles. The molecular formula is C23H29N3O5. The van der Waals surface area contributed by atoms with Crippen LogP contribution in [0.2, 0.25) is 0 Å². The van der Waals surface area contributed by atoms with Crippen molar-refractivity contribution in [1.29, 1.82) is 0 Å². The van der Waals surface area contributed by atoms with E-state index in [4.69, 9.17) is 0 Å². The third-order valence-electron chi connectivity index (χ3n) is 5.32. The van der Waals surface area contributed by atoms with Crippen molar-refractivity contribution in [3.05, 3.63) is 34.9 Å². The molecule has 1 unspecified atom stereocenters. The van der Waals surface area contributed by atoms with Crippen LogP contribution in [0.3, 0.4) is 0 Å². The van der Waals surface area contributed by atoms with Crippen LogP contribution in [0.1, 0.15) is 61.0 Å². The van der Waals surface area contributed by atoms with E-state index < -0.39 is 29.4 Å². The molecular weight excluding hydrogens is 398 g/mol. The highest BCUT2D eigenvalue weighted by Crippen LogP contribution is 2.20. The van der Waals surface area contributed by atoms with Crippen LogP contribution in [0.4, 0.5) is 0 Å². The van der Waals surface area contributed by atoms with Crippen LogP contribution in [0.25, 0.3) is 0 Å². The Balaban J connectivity index is 0.00000166. The van der Waals surface area contributed by atoms with Crippen LogP contribution in [0.5, 0.6) is 0 Å². The second-order valence-corrected chi connectivity index (χ2v) is 7.29.